The summed E-state index contributed by atoms with van der Waals surface area (Å²) in [6, 6.07) is 4.02. The Hall–Kier alpha value is -1.46. The first-order valence-corrected chi connectivity index (χ1v) is 7.67. The molecule has 114 valence electrons. The molecule has 0 aromatic carbocycles. The van der Waals surface area contributed by atoms with E-state index in [0.717, 1.165) is 44.6 Å². The number of carbonyl (C=O) groups is 1. The van der Waals surface area contributed by atoms with Crippen LogP contribution in [-0.2, 0) is 22.5 Å². The first-order chi connectivity index (χ1) is 10.2. The van der Waals surface area contributed by atoms with Crippen molar-refractivity contribution in [1.29, 1.82) is 0 Å². The van der Waals surface area contributed by atoms with Crippen LogP contribution in [0.15, 0.2) is 18.3 Å². The second-order valence-electron chi connectivity index (χ2n) is 6.05. The summed E-state index contributed by atoms with van der Waals surface area (Å²) in [6.07, 6.45) is 4.39. The number of amides is 1. The fraction of sp³-hybridized carbons (Fsp3) is 0.625. The van der Waals surface area contributed by atoms with Crippen molar-refractivity contribution < 1.29 is 9.53 Å². The molecule has 1 saturated heterocycles. The Bertz CT molecular complexity index is 506. The summed E-state index contributed by atoms with van der Waals surface area (Å²) in [5.74, 6) is 0.250. The predicted molar refractivity (Wildman–Crippen MR) is 79.8 cm³/mol. The van der Waals surface area contributed by atoms with E-state index in [2.05, 4.69) is 16.4 Å². The average molecular weight is 289 g/mol. The van der Waals surface area contributed by atoms with Crippen molar-refractivity contribution in [3.05, 3.63) is 29.6 Å². The Morgan fingerprint density at radius 3 is 3.05 bits per heavy atom. The van der Waals surface area contributed by atoms with Crippen molar-refractivity contribution in [2.24, 2.45) is 5.41 Å². The molecule has 1 N–H and O–H groups in total. The highest BCUT2D eigenvalue weighted by Crippen LogP contribution is 2.33. The van der Waals surface area contributed by atoms with Gasteiger partial charge in [0.2, 0.25) is 5.91 Å². The van der Waals surface area contributed by atoms with E-state index in [-0.39, 0.29) is 11.3 Å². The number of nitrogens with one attached hydrogen (secondary N) is 1. The van der Waals surface area contributed by atoms with Crippen molar-refractivity contribution in [3.63, 3.8) is 0 Å². The van der Waals surface area contributed by atoms with Crippen LogP contribution in [0.1, 0.15) is 24.1 Å². The van der Waals surface area contributed by atoms with Crippen LogP contribution >= 0.6 is 0 Å². The summed E-state index contributed by atoms with van der Waals surface area (Å²) in [7, 11) is 1.69. The van der Waals surface area contributed by atoms with Gasteiger partial charge in [-0.25, -0.2) is 0 Å². The molecule has 0 unspecified atom stereocenters. The van der Waals surface area contributed by atoms with E-state index in [9.17, 15) is 4.79 Å². The van der Waals surface area contributed by atoms with Gasteiger partial charge >= 0.3 is 0 Å². The van der Waals surface area contributed by atoms with Gasteiger partial charge in [0, 0.05) is 38.5 Å². The highest BCUT2D eigenvalue weighted by molar-refractivity contribution is 5.83. The number of rotatable bonds is 3. The second-order valence-corrected chi connectivity index (χ2v) is 6.05. The van der Waals surface area contributed by atoms with Crippen LogP contribution in [0.5, 0.6) is 0 Å². The Kier molecular flexibility index (Phi) is 4.22. The van der Waals surface area contributed by atoms with Crippen molar-refractivity contribution in [2.75, 3.05) is 33.4 Å². The van der Waals surface area contributed by atoms with Crippen molar-refractivity contribution in [2.45, 2.75) is 25.8 Å². The predicted octanol–water partition coefficient (Wildman–Crippen LogP) is 0.982. The van der Waals surface area contributed by atoms with Gasteiger partial charge in [0.1, 0.15) is 0 Å². The summed E-state index contributed by atoms with van der Waals surface area (Å²) >= 11 is 0. The van der Waals surface area contributed by atoms with Crippen molar-refractivity contribution in [1.82, 2.24) is 15.2 Å². The Morgan fingerprint density at radius 2 is 2.29 bits per heavy atom. The van der Waals surface area contributed by atoms with E-state index in [1.807, 2.05) is 17.2 Å². The SMILES string of the molecule is COCC1(C(=O)N2CCc3ncccc3C2)CCNCC1. The normalized spacial score (nSPS) is 20.9. The molecule has 2 aliphatic heterocycles. The van der Waals surface area contributed by atoms with Gasteiger partial charge < -0.3 is 15.0 Å². The van der Waals surface area contributed by atoms with Gasteiger partial charge in [0.05, 0.1) is 12.0 Å². The molecule has 5 heteroatoms. The smallest absolute Gasteiger partial charge is 0.231 e. The van der Waals surface area contributed by atoms with Crippen LogP contribution in [0.4, 0.5) is 0 Å². The van der Waals surface area contributed by atoms with E-state index in [1.54, 1.807) is 7.11 Å². The average Bonchev–Trinajstić information content (AvgIpc) is 2.55. The largest absolute Gasteiger partial charge is 0.384 e. The zero-order chi connectivity index (χ0) is 14.7. The number of fused-ring (bicyclic) bond motifs is 1. The van der Waals surface area contributed by atoms with Gasteiger partial charge in [0.15, 0.2) is 0 Å². The number of carbonyl (C=O) groups excluding carboxylic acids is 1. The Labute approximate surface area is 125 Å². The highest BCUT2D eigenvalue weighted by Gasteiger charge is 2.42. The van der Waals surface area contributed by atoms with Gasteiger partial charge in [-0.2, -0.15) is 0 Å². The molecule has 3 rings (SSSR count). The Morgan fingerprint density at radius 1 is 1.48 bits per heavy atom. The number of ether oxygens (including phenoxy) is 1. The van der Waals surface area contributed by atoms with Gasteiger partial charge in [-0.3, -0.25) is 9.78 Å². The third-order valence-electron chi connectivity index (χ3n) is 4.69. The van der Waals surface area contributed by atoms with Crippen molar-refractivity contribution >= 4 is 5.91 Å². The van der Waals surface area contributed by atoms with E-state index in [0.29, 0.717) is 13.2 Å². The summed E-state index contributed by atoms with van der Waals surface area (Å²) in [6.45, 7) is 3.74. The number of hydrogen-bond donors (Lipinski definition) is 1. The van der Waals surface area contributed by atoms with Gasteiger partial charge in [0.25, 0.3) is 0 Å². The topological polar surface area (TPSA) is 54.5 Å². The summed E-state index contributed by atoms with van der Waals surface area (Å²) in [5.41, 5.74) is 1.96. The number of methoxy groups -OCH3 is 1. The maximum Gasteiger partial charge on any atom is 0.231 e. The molecule has 5 nitrogen and oxygen atoms in total. The third-order valence-corrected chi connectivity index (χ3v) is 4.69. The van der Waals surface area contributed by atoms with Gasteiger partial charge in [-0.15, -0.1) is 0 Å². The fourth-order valence-electron chi connectivity index (χ4n) is 3.48. The van der Waals surface area contributed by atoms with E-state index >= 15 is 0 Å². The lowest BCUT2D eigenvalue weighted by molar-refractivity contribution is -0.148. The molecule has 1 aromatic rings. The van der Waals surface area contributed by atoms with Crippen molar-refractivity contribution in [3.8, 4) is 0 Å². The minimum Gasteiger partial charge on any atom is -0.384 e. The van der Waals surface area contributed by atoms with Crippen LogP contribution in [0, 0.1) is 5.41 Å². The van der Waals surface area contributed by atoms with Crippen LogP contribution in [0.3, 0.4) is 0 Å². The van der Waals surface area contributed by atoms with Crippen LogP contribution in [0.2, 0.25) is 0 Å². The molecule has 21 heavy (non-hydrogen) atoms. The van der Waals surface area contributed by atoms with E-state index in [1.165, 1.54) is 5.56 Å². The lowest BCUT2D eigenvalue weighted by Gasteiger charge is -2.41. The molecular weight excluding hydrogens is 266 g/mol. The quantitative estimate of drug-likeness (QED) is 0.901. The summed E-state index contributed by atoms with van der Waals surface area (Å²) < 4.78 is 5.38. The van der Waals surface area contributed by atoms with Crippen LogP contribution in [-0.4, -0.2) is 49.1 Å². The number of piperidine rings is 1. The molecule has 1 aromatic heterocycles. The zero-order valence-electron chi connectivity index (χ0n) is 12.6. The lowest BCUT2D eigenvalue weighted by Crippen LogP contribution is -2.52. The first-order valence-electron chi connectivity index (χ1n) is 7.67. The number of hydrogen-bond acceptors (Lipinski definition) is 4. The van der Waals surface area contributed by atoms with E-state index in [4.69, 9.17) is 4.74 Å². The molecule has 0 atom stereocenters. The monoisotopic (exact) mass is 289 g/mol. The molecule has 0 radical (unpaired) electrons. The van der Waals surface area contributed by atoms with Gasteiger partial charge in [-0.1, -0.05) is 6.07 Å². The molecule has 1 fully saturated rings. The molecule has 0 bridgehead atoms. The van der Waals surface area contributed by atoms with Gasteiger partial charge in [-0.05, 0) is 37.6 Å². The maximum absolute atomic E-state index is 13.1. The maximum atomic E-state index is 13.1. The standard InChI is InChI=1S/C16H23N3O2/c1-21-12-16(5-8-17-9-6-16)15(20)19-10-4-14-13(11-19)3-2-7-18-14/h2-3,7,17H,4-6,8-12H2,1H3. The van der Waals surface area contributed by atoms with Crippen LogP contribution in [0.25, 0.3) is 0 Å². The fourth-order valence-corrected chi connectivity index (χ4v) is 3.48. The highest BCUT2D eigenvalue weighted by atomic mass is 16.5. The molecule has 1 amide bonds. The summed E-state index contributed by atoms with van der Waals surface area (Å²) in [4.78, 5) is 19.5. The second kappa shape index (κ2) is 6.12. The zero-order valence-corrected chi connectivity index (χ0v) is 12.6. The lowest BCUT2D eigenvalue weighted by atomic mass is 9.78. The minimum absolute atomic E-state index is 0.250. The minimum atomic E-state index is -0.348. The third kappa shape index (κ3) is 2.80. The summed E-state index contributed by atoms with van der Waals surface area (Å²) in [5, 5.41) is 3.34. The van der Waals surface area contributed by atoms with E-state index < -0.39 is 0 Å². The Balaban J connectivity index is 1.78. The molecule has 0 spiro atoms. The molecule has 0 saturated carbocycles. The molecule has 2 aliphatic rings. The number of pyridine rings is 1. The molecule has 0 aliphatic carbocycles. The van der Waals surface area contributed by atoms with Crippen LogP contribution < -0.4 is 5.32 Å². The molecular formula is C16H23N3O2. The first kappa shape index (κ1) is 14.5. The number of nitrogens with zero attached hydrogens (tertiary/aromatic N) is 2. The number of aromatic nitrogens is 1. The molecule has 3 heterocycles.